The van der Waals surface area contributed by atoms with Gasteiger partial charge in [0.05, 0.1) is 19.8 Å². The lowest BCUT2D eigenvalue weighted by atomic mass is 10.2. The summed E-state index contributed by atoms with van der Waals surface area (Å²) < 4.78 is 11.1. The van der Waals surface area contributed by atoms with Gasteiger partial charge in [-0.3, -0.25) is 9.98 Å². The zero-order chi connectivity index (χ0) is 17.4. The van der Waals surface area contributed by atoms with Gasteiger partial charge >= 0.3 is 0 Å². The molecule has 0 aromatic heterocycles. The number of rotatable bonds is 7. The molecule has 0 radical (unpaired) electrons. The number of aliphatic imine (C=N–C) groups is 4. The summed E-state index contributed by atoms with van der Waals surface area (Å²) in [5.74, 6) is 3.25. The maximum Gasteiger partial charge on any atom is 0.210 e. The second-order valence-electron chi connectivity index (χ2n) is 5.47. The Labute approximate surface area is 152 Å². The Hall–Kier alpha value is -1.02. The zero-order valence-electron chi connectivity index (χ0n) is 14.8. The molecule has 0 aliphatic carbocycles. The molecule has 0 amide bonds. The largest absolute Gasteiger partial charge is 0.480 e. The smallest absolute Gasteiger partial charge is 0.210 e. The molecule has 0 spiro atoms. The highest BCUT2D eigenvalue weighted by Gasteiger charge is 2.22. The molecule has 0 aromatic rings. The maximum atomic E-state index is 5.61. The van der Waals surface area contributed by atoms with E-state index in [4.69, 9.17) is 9.47 Å². The van der Waals surface area contributed by atoms with E-state index in [-0.39, 0.29) is 12.1 Å². The summed E-state index contributed by atoms with van der Waals surface area (Å²) >= 11 is 0. The summed E-state index contributed by atoms with van der Waals surface area (Å²) in [6.07, 6.45) is 0. The highest BCUT2D eigenvalue weighted by molar-refractivity contribution is 8.76. The summed E-state index contributed by atoms with van der Waals surface area (Å²) in [7, 11) is 3.58. The molecule has 2 atom stereocenters. The van der Waals surface area contributed by atoms with Crippen molar-refractivity contribution in [3.8, 4) is 0 Å². The average molecular weight is 371 g/mol. The quantitative estimate of drug-likeness (QED) is 0.510. The molecular weight excluding hydrogens is 344 g/mol. The van der Waals surface area contributed by atoms with Crippen LogP contribution in [0.15, 0.2) is 20.0 Å². The molecule has 0 saturated heterocycles. The van der Waals surface area contributed by atoms with Crippen LogP contribution in [0, 0.1) is 0 Å². The summed E-state index contributed by atoms with van der Waals surface area (Å²) in [5, 5.41) is 0. The lowest BCUT2D eigenvalue weighted by molar-refractivity contribution is 0.312. The van der Waals surface area contributed by atoms with Gasteiger partial charge in [0.25, 0.3) is 0 Å². The Balaban J connectivity index is 1.79. The van der Waals surface area contributed by atoms with Gasteiger partial charge in [-0.05, 0) is 27.7 Å². The number of hydrogen-bond acceptors (Lipinski definition) is 8. The molecule has 0 fully saturated rings. The van der Waals surface area contributed by atoms with Crippen LogP contribution in [0.2, 0.25) is 0 Å². The Morgan fingerprint density at radius 1 is 0.917 bits per heavy atom. The standard InChI is InChI=1S/C16H26N4O2S2/c1-5-21-15-8-17-12(4)13(20-15)9-23-24-10-14-16(22-6-2)18-7-11(3)19-14/h13-14H,5-10H2,1-4H3/t13-,14+/m1/s1. The predicted octanol–water partition coefficient (Wildman–Crippen LogP) is 2.92. The third-order valence-corrected chi connectivity index (χ3v) is 5.90. The first kappa shape index (κ1) is 19.3. The van der Waals surface area contributed by atoms with Gasteiger partial charge in [0.1, 0.15) is 18.6 Å². The monoisotopic (exact) mass is 370 g/mol. The van der Waals surface area contributed by atoms with Crippen LogP contribution >= 0.6 is 21.6 Å². The van der Waals surface area contributed by atoms with Crippen LogP contribution in [0.3, 0.4) is 0 Å². The zero-order valence-corrected chi connectivity index (χ0v) is 16.5. The van der Waals surface area contributed by atoms with Crippen LogP contribution in [0.1, 0.15) is 27.7 Å². The molecule has 0 unspecified atom stereocenters. The first-order chi connectivity index (χ1) is 11.6. The third-order valence-electron chi connectivity index (χ3n) is 3.51. The van der Waals surface area contributed by atoms with E-state index in [1.165, 1.54) is 0 Å². The number of hydrogen-bond donors (Lipinski definition) is 0. The average Bonchev–Trinajstić information content (AvgIpc) is 2.57. The number of ether oxygens (including phenoxy) is 2. The highest BCUT2D eigenvalue weighted by atomic mass is 33.1. The Morgan fingerprint density at radius 2 is 1.62 bits per heavy atom. The molecule has 24 heavy (non-hydrogen) atoms. The predicted molar refractivity (Wildman–Crippen MR) is 107 cm³/mol. The maximum absolute atomic E-state index is 5.61. The van der Waals surface area contributed by atoms with Crippen molar-refractivity contribution in [1.82, 2.24) is 0 Å². The van der Waals surface area contributed by atoms with Crippen molar-refractivity contribution in [1.29, 1.82) is 0 Å². The fourth-order valence-corrected chi connectivity index (χ4v) is 4.63. The van der Waals surface area contributed by atoms with Gasteiger partial charge in [0.15, 0.2) is 0 Å². The van der Waals surface area contributed by atoms with E-state index in [9.17, 15) is 0 Å². The van der Waals surface area contributed by atoms with Crippen LogP contribution in [0.5, 0.6) is 0 Å². The van der Waals surface area contributed by atoms with Crippen molar-refractivity contribution in [2.75, 3.05) is 37.8 Å². The third kappa shape index (κ3) is 5.81. The van der Waals surface area contributed by atoms with Crippen molar-refractivity contribution in [2.45, 2.75) is 39.8 Å². The molecule has 2 aliphatic rings. The molecule has 0 N–H and O–H groups in total. The topological polar surface area (TPSA) is 67.9 Å². The summed E-state index contributed by atoms with van der Waals surface area (Å²) in [5.41, 5.74) is 2.14. The van der Waals surface area contributed by atoms with E-state index in [2.05, 4.69) is 20.0 Å². The molecule has 2 rings (SSSR count). The van der Waals surface area contributed by atoms with E-state index >= 15 is 0 Å². The van der Waals surface area contributed by atoms with Crippen molar-refractivity contribution >= 4 is 44.8 Å². The van der Waals surface area contributed by atoms with Crippen LogP contribution < -0.4 is 0 Å². The molecule has 0 aromatic carbocycles. The Kier molecular flexibility index (Phi) is 8.11. The van der Waals surface area contributed by atoms with E-state index in [1.54, 1.807) is 21.6 Å². The molecule has 134 valence electrons. The van der Waals surface area contributed by atoms with Crippen LogP contribution in [0.25, 0.3) is 0 Å². The lowest BCUT2D eigenvalue weighted by Crippen LogP contribution is -2.30. The molecule has 0 saturated carbocycles. The van der Waals surface area contributed by atoms with E-state index in [0.717, 1.165) is 34.7 Å². The summed E-state index contributed by atoms with van der Waals surface area (Å²) in [6.45, 7) is 10.5. The van der Waals surface area contributed by atoms with Crippen molar-refractivity contribution in [2.24, 2.45) is 20.0 Å². The highest BCUT2D eigenvalue weighted by Crippen LogP contribution is 2.26. The SMILES string of the molecule is CCOC1=N[C@H](CSSC[C@@H]2N=C(C)CN=C2OCC)C(C)=NC1. The molecule has 0 bridgehead atoms. The van der Waals surface area contributed by atoms with Crippen LogP contribution in [-0.4, -0.2) is 73.1 Å². The van der Waals surface area contributed by atoms with Gasteiger partial charge in [-0.2, -0.15) is 0 Å². The fourth-order valence-electron chi connectivity index (χ4n) is 2.30. The van der Waals surface area contributed by atoms with Crippen molar-refractivity contribution in [3.05, 3.63) is 0 Å². The molecule has 2 heterocycles. The first-order valence-corrected chi connectivity index (χ1v) is 10.8. The van der Waals surface area contributed by atoms with Gasteiger partial charge in [0.2, 0.25) is 11.8 Å². The fraction of sp³-hybridized carbons (Fsp3) is 0.750. The van der Waals surface area contributed by atoms with E-state index in [1.807, 2.05) is 27.7 Å². The second-order valence-corrected chi connectivity index (χ2v) is 8.02. The lowest BCUT2D eigenvalue weighted by Gasteiger charge is -2.21. The van der Waals surface area contributed by atoms with Crippen LogP contribution in [-0.2, 0) is 9.47 Å². The summed E-state index contributed by atoms with van der Waals surface area (Å²) in [4.78, 5) is 18.3. The van der Waals surface area contributed by atoms with Gasteiger partial charge in [-0.1, -0.05) is 21.6 Å². The second kappa shape index (κ2) is 10.1. The molecule has 6 nitrogen and oxygen atoms in total. The van der Waals surface area contributed by atoms with Gasteiger partial charge in [-0.25, -0.2) is 9.98 Å². The van der Waals surface area contributed by atoms with Crippen molar-refractivity contribution in [3.63, 3.8) is 0 Å². The van der Waals surface area contributed by atoms with E-state index < -0.39 is 0 Å². The van der Waals surface area contributed by atoms with Crippen molar-refractivity contribution < 1.29 is 9.47 Å². The van der Waals surface area contributed by atoms with Gasteiger partial charge < -0.3 is 9.47 Å². The van der Waals surface area contributed by atoms with Crippen LogP contribution in [0.4, 0.5) is 0 Å². The Bertz CT molecular complexity index is 546. The Morgan fingerprint density at radius 3 is 2.33 bits per heavy atom. The molecular formula is C16H26N4O2S2. The van der Waals surface area contributed by atoms with E-state index in [0.29, 0.717) is 26.3 Å². The minimum Gasteiger partial charge on any atom is -0.480 e. The first-order valence-electron chi connectivity index (χ1n) is 8.29. The number of nitrogens with zero attached hydrogens (tertiary/aromatic N) is 4. The minimum atomic E-state index is 0.0276. The molecule has 8 heteroatoms. The molecule has 2 aliphatic heterocycles. The van der Waals surface area contributed by atoms with Gasteiger partial charge in [-0.15, -0.1) is 0 Å². The minimum absolute atomic E-state index is 0.0276. The summed E-state index contributed by atoms with van der Waals surface area (Å²) in [6, 6.07) is 0.134. The normalized spacial score (nSPS) is 23.8. The van der Waals surface area contributed by atoms with Gasteiger partial charge in [0, 0.05) is 22.9 Å².